The maximum atomic E-state index is 13.1. The lowest BCUT2D eigenvalue weighted by Gasteiger charge is -2.23. The van der Waals surface area contributed by atoms with Gasteiger partial charge in [-0.05, 0) is 37.6 Å². The predicted octanol–water partition coefficient (Wildman–Crippen LogP) is 2.03. The molecular weight excluding hydrogens is 308 g/mol. The zero-order valence-corrected chi connectivity index (χ0v) is 14.4. The maximum Gasteiger partial charge on any atom is 0.254 e. The van der Waals surface area contributed by atoms with Crippen LogP contribution in [0.4, 0.5) is 0 Å². The van der Waals surface area contributed by atoms with Gasteiger partial charge in [0.2, 0.25) is 0 Å². The molecule has 0 saturated carbocycles. The van der Waals surface area contributed by atoms with Crippen LogP contribution in [0.1, 0.15) is 40.0 Å². The van der Waals surface area contributed by atoms with Crippen LogP contribution in [0, 0.1) is 13.8 Å². The normalized spacial score (nSPS) is 20.4. The lowest BCUT2D eigenvalue weighted by Crippen LogP contribution is -2.33. The van der Waals surface area contributed by atoms with Crippen LogP contribution in [-0.4, -0.2) is 52.9 Å². The Morgan fingerprint density at radius 3 is 2.71 bits per heavy atom. The number of aromatic amines is 1. The van der Waals surface area contributed by atoms with E-state index < -0.39 is 0 Å². The number of benzene rings is 1. The average Bonchev–Trinajstić information content (AvgIpc) is 3.19. The molecule has 1 aromatic heterocycles. The van der Waals surface area contributed by atoms with E-state index in [0.717, 1.165) is 17.1 Å². The second kappa shape index (κ2) is 6.60. The summed E-state index contributed by atoms with van der Waals surface area (Å²) in [7, 11) is 3.28. The van der Waals surface area contributed by atoms with Crippen molar-refractivity contribution >= 4 is 5.91 Å². The van der Waals surface area contributed by atoms with Crippen LogP contribution in [0.2, 0.25) is 0 Å². The van der Waals surface area contributed by atoms with Gasteiger partial charge >= 0.3 is 0 Å². The SMILES string of the molecule is COc1ccc(C(=O)N2C[C@@H](OC)C[C@H]2c2n[nH]c(C)n2)c(C)c1. The van der Waals surface area contributed by atoms with Crippen molar-refractivity contribution in [3.05, 3.63) is 41.0 Å². The molecule has 128 valence electrons. The molecule has 0 spiro atoms. The number of nitrogens with one attached hydrogen (secondary N) is 1. The van der Waals surface area contributed by atoms with E-state index in [-0.39, 0.29) is 18.1 Å². The largest absolute Gasteiger partial charge is 0.497 e. The molecule has 7 heteroatoms. The third-order valence-electron chi connectivity index (χ3n) is 4.43. The van der Waals surface area contributed by atoms with Crippen LogP contribution in [0.15, 0.2) is 18.2 Å². The third-order valence-corrected chi connectivity index (χ3v) is 4.43. The molecule has 1 N–H and O–H groups in total. The summed E-state index contributed by atoms with van der Waals surface area (Å²) < 4.78 is 10.7. The summed E-state index contributed by atoms with van der Waals surface area (Å²) in [5, 5.41) is 7.08. The molecule has 1 amide bonds. The number of hydrogen-bond donors (Lipinski definition) is 1. The second-order valence-corrected chi connectivity index (χ2v) is 6.03. The highest BCUT2D eigenvalue weighted by molar-refractivity contribution is 5.96. The van der Waals surface area contributed by atoms with Crippen molar-refractivity contribution in [2.24, 2.45) is 0 Å². The Labute approximate surface area is 141 Å². The van der Waals surface area contributed by atoms with Gasteiger partial charge in [-0.25, -0.2) is 4.98 Å². The minimum atomic E-state index is -0.186. The number of carbonyl (C=O) groups excluding carboxylic acids is 1. The van der Waals surface area contributed by atoms with Gasteiger partial charge < -0.3 is 14.4 Å². The van der Waals surface area contributed by atoms with Gasteiger partial charge in [0.15, 0.2) is 5.82 Å². The fourth-order valence-electron chi connectivity index (χ4n) is 3.10. The van der Waals surface area contributed by atoms with Crippen molar-refractivity contribution in [3.8, 4) is 5.75 Å². The third kappa shape index (κ3) is 2.99. The smallest absolute Gasteiger partial charge is 0.254 e. The number of methoxy groups -OCH3 is 2. The molecule has 1 aliphatic rings. The number of ether oxygens (including phenoxy) is 2. The molecule has 2 atom stereocenters. The first-order valence-electron chi connectivity index (χ1n) is 7.90. The second-order valence-electron chi connectivity index (χ2n) is 6.03. The van der Waals surface area contributed by atoms with Crippen molar-refractivity contribution in [2.45, 2.75) is 32.4 Å². The van der Waals surface area contributed by atoms with Crippen molar-refractivity contribution in [2.75, 3.05) is 20.8 Å². The first-order valence-corrected chi connectivity index (χ1v) is 7.90. The van der Waals surface area contributed by atoms with Crippen LogP contribution >= 0.6 is 0 Å². The van der Waals surface area contributed by atoms with E-state index >= 15 is 0 Å². The standard InChI is InChI=1S/C17H22N4O3/c1-10-7-12(23-3)5-6-14(10)17(22)21-9-13(24-4)8-15(21)16-18-11(2)19-20-16/h5-7,13,15H,8-9H2,1-4H3,(H,18,19,20)/t13-,15-/m0/s1. The fourth-order valence-corrected chi connectivity index (χ4v) is 3.10. The first-order chi connectivity index (χ1) is 11.5. The number of aromatic nitrogens is 3. The molecule has 0 radical (unpaired) electrons. The molecular formula is C17H22N4O3. The number of amides is 1. The first kappa shape index (κ1) is 16.4. The molecule has 0 bridgehead atoms. The van der Waals surface area contributed by atoms with E-state index in [1.165, 1.54) is 0 Å². The Bertz CT molecular complexity index is 743. The number of aryl methyl sites for hydroxylation is 2. The van der Waals surface area contributed by atoms with Crippen LogP contribution < -0.4 is 4.74 Å². The van der Waals surface area contributed by atoms with Gasteiger partial charge in [-0.3, -0.25) is 9.89 Å². The molecule has 2 heterocycles. The number of likely N-dealkylation sites (tertiary alicyclic amines) is 1. The average molecular weight is 330 g/mol. The van der Waals surface area contributed by atoms with Crippen molar-refractivity contribution in [3.63, 3.8) is 0 Å². The van der Waals surface area contributed by atoms with Crippen LogP contribution in [0.3, 0.4) is 0 Å². The Morgan fingerprint density at radius 2 is 2.12 bits per heavy atom. The molecule has 24 heavy (non-hydrogen) atoms. The van der Waals surface area contributed by atoms with Gasteiger partial charge in [0.1, 0.15) is 11.6 Å². The molecule has 0 unspecified atom stereocenters. The van der Waals surface area contributed by atoms with Crippen LogP contribution in [0.5, 0.6) is 5.75 Å². The molecule has 1 aliphatic heterocycles. The quantitative estimate of drug-likeness (QED) is 0.928. The van der Waals surface area contributed by atoms with E-state index in [1.54, 1.807) is 31.3 Å². The number of hydrogen-bond acceptors (Lipinski definition) is 5. The van der Waals surface area contributed by atoms with Crippen molar-refractivity contribution in [1.82, 2.24) is 20.1 Å². The monoisotopic (exact) mass is 330 g/mol. The highest BCUT2D eigenvalue weighted by atomic mass is 16.5. The molecule has 3 rings (SSSR count). The van der Waals surface area contributed by atoms with E-state index in [2.05, 4.69) is 15.2 Å². The van der Waals surface area contributed by atoms with Crippen LogP contribution in [-0.2, 0) is 4.74 Å². The van der Waals surface area contributed by atoms with E-state index in [0.29, 0.717) is 24.4 Å². The van der Waals surface area contributed by atoms with E-state index in [9.17, 15) is 4.79 Å². The molecule has 1 saturated heterocycles. The number of nitrogens with zero attached hydrogens (tertiary/aromatic N) is 3. The Morgan fingerprint density at radius 1 is 1.33 bits per heavy atom. The molecule has 1 aromatic carbocycles. The van der Waals surface area contributed by atoms with E-state index in [4.69, 9.17) is 9.47 Å². The maximum absolute atomic E-state index is 13.1. The summed E-state index contributed by atoms with van der Waals surface area (Å²) in [6.45, 7) is 4.28. The van der Waals surface area contributed by atoms with Crippen molar-refractivity contribution < 1.29 is 14.3 Å². The molecule has 7 nitrogen and oxygen atoms in total. The van der Waals surface area contributed by atoms with Gasteiger partial charge in [0.05, 0.1) is 19.3 Å². The number of carbonyl (C=O) groups is 1. The fraction of sp³-hybridized carbons (Fsp3) is 0.471. The predicted molar refractivity (Wildman–Crippen MR) is 88.0 cm³/mol. The summed E-state index contributed by atoms with van der Waals surface area (Å²) in [5.41, 5.74) is 1.54. The summed E-state index contributed by atoms with van der Waals surface area (Å²) in [6, 6.07) is 5.28. The summed E-state index contributed by atoms with van der Waals surface area (Å²) in [5.74, 6) is 2.06. The lowest BCUT2D eigenvalue weighted by atomic mass is 10.1. The highest BCUT2D eigenvalue weighted by Gasteiger charge is 2.39. The molecule has 1 fully saturated rings. The lowest BCUT2D eigenvalue weighted by molar-refractivity contribution is 0.0683. The van der Waals surface area contributed by atoms with Gasteiger partial charge in [-0.2, -0.15) is 5.10 Å². The van der Waals surface area contributed by atoms with Crippen LogP contribution in [0.25, 0.3) is 0 Å². The van der Waals surface area contributed by atoms with E-state index in [1.807, 2.05) is 19.9 Å². The minimum Gasteiger partial charge on any atom is -0.497 e. The Kier molecular flexibility index (Phi) is 4.53. The molecule has 0 aliphatic carbocycles. The number of rotatable bonds is 4. The topological polar surface area (TPSA) is 80.3 Å². The summed E-state index contributed by atoms with van der Waals surface area (Å²) in [4.78, 5) is 19.3. The van der Waals surface area contributed by atoms with Gasteiger partial charge in [0.25, 0.3) is 5.91 Å². The Balaban J connectivity index is 1.91. The minimum absolute atomic E-state index is 0.0173. The van der Waals surface area contributed by atoms with Gasteiger partial charge in [-0.1, -0.05) is 0 Å². The van der Waals surface area contributed by atoms with Gasteiger partial charge in [-0.15, -0.1) is 0 Å². The van der Waals surface area contributed by atoms with Gasteiger partial charge in [0, 0.05) is 25.6 Å². The Hall–Kier alpha value is -2.41. The van der Waals surface area contributed by atoms with Crippen molar-refractivity contribution in [1.29, 1.82) is 0 Å². The summed E-state index contributed by atoms with van der Waals surface area (Å²) >= 11 is 0. The zero-order valence-electron chi connectivity index (χ0n) is 14.4. The summed E-state index contributed by atoms with van der Waals surface area (Å²) in [6.07, 6.45) is 0.672. The zero-order chi connectivity index (χ0) is 17.3. The number of H-pyrrole nitrogens is 1. The highest BCUT2D eigenvalue weighted by Crippen LogP contribution is 2.33. The molecule has 2 aromatic rings.